The molecule has 174 valence electrons. The Hall–Kier alpha value is -2.61. The second-order valence-corrected chi connectivity index (χ2v) is 9.84. The van der Waals surface area contributed by atoms with Crippen LogP contribution in [0.4, 0.5) is 0 Å². The Labute approximate surface area is 193 Å². The van der Waals surface area contributed by atoms with Crippen molar-refractivity contribution in [2.45, 2.75) is 53.0 Å². The number of nitrogens with zero attached hydrogens (tertiary/aromatic N) is 1. The van der Waals surface area contributed by atoms with Crippen molar-refractivity contribution in [2.75, 3.05) is 20.2 Å². The third kappa shape index (κ3) is 5.23. The lowest BCUT2D eigenvalue weighted by Crippen LogP contribution is -2.40. The summed E-state index contributed by atoms with van der Waals surface area (Å²) < 4.78 is 4.83. The highest BCUT2D eigenvalue weighted by molar-refractivity contribution is 7.10. The summed E-state index contributed by atoms with van der Waals surface area (Å²) in [5.74, 6) is 0.0932. The van der Waals surface area contributed by atoms with Crippen molar-refractivity contribution >= 4 is 29.1 Å². The predicted molar refractivity (Wildman–Crippen MR) is 125 cm³/mol. The predicted octanol–water partition coefficient (Wildman–Crippen LogP) is 4.24. The van der Waals surface area contributed by atoms with Gasteiger partial charge >= 0.3 is 5.97 Å². The summed E-state index contributed by atoms with van der Waals surface area (Å²) in [6.45, 7) is 8.95. The first-order chi connectivity index (χ1) is 15.2. The summed E-state index contributed by atoms with van der Waals surface area (Å²) in [4.78, 5) is 43.8. The minimum Gasteiger partial charge on any atom is -0.465 e. The number of carbonyl (C=O) groups excluding carboxylic acids is 3. The first-order valence-corrected chi connectivity index (χ1v) is 12.0. The number of aryl methyl sites for hydroxylation is 1. The zero-order valence-corrected chi connectivity index (χ0v) is 20.3. The molecule has 1 fully saturated rings. The van der Waals surface area contributed by atoms with E-state index < -0.39 is 5.97 Å². The maximum absolute atomic E-state index is 13.0. The highest BCUT2D eigenvalue weighted by Gasteiger charge is 2.30. The molecule has 0 spiro atoms. The number of esters is 1. The van der Waals surface area contributed by atoms with Crippen molar-refractivity contribution in [3.8, 4) is 0 Å². The Morgan fingerprint density at radius 3 is 2.50 bits per heavy atom. The minimum absolute atomic E-state index is 0.0345. The molecule has 3 heterocycles. The highest BCUT2D eigenvalue weighted by Crippen LogP contribution is 2.28. The molecule has 2 N–H and O–H groups in total. The number of aromatic nitrogens is 1. The quantitative estimate of drug-likeness (QED) is 0.606. The fourth-order valence-electron chi connectivity index (χ4n) is 4.40. The first kappa shape index (κ1) is 24.0. The Kier molecular flexibility index (Phi) is 7.77. The molecular weight excluding hydrogens is 426 g/mol. The van der Waals surface area contributed by atoms with Gasteiger partial charge in [-0.1, -0.05) is 19.9 Å². The first-order valence-electron chi connectivity index (χ1n) is 11.1. The SMILES string of the molecule is COC(=O)c1c(C)[nH]c(C(=O)N2CCC(CC(=O)N[C@H](c3cccs3)C(C)C)CC2)c1C. The van der Waals surface area contributed by atoms with E-state index in [9.17, 15) is 14.4 Å². The maximum Gasteiger partial charge on any atom is 0.339 e. The molecule has 3 rings (SSSR count). The van der Waals surface area contributed by atoms with Crippen LogP contribution in [0.15, 0.2) is 17.5 Å². The topological polar surface area (TPSA) is 91.5 Å². The Bertz CT molecular complexity index is 956. The van der Waals surface area contributed by atoms with Gasteiger partial charge in [-0.3, -0.25) is 9.59 Å². The Morgan fingerprint density at radius 2 is 1.94 bits per heavy atom. The number of amides is 2. The Morgan fingerprint density at radius 1 is 1.25 bits per heavy atom. The number of ether oxygens (including phenoxy) is 1. The van der Waals surface area contributed by atoms with Crippen molar-refractivity contribution in [2.24, 2.45) is 11.8 Å². The molecule has 0 aromatic carbocycles. The van der Waals surface area contributed by atoms with E-state index in [2.05, 4.69) is 30.2 Å². The molecule has 0 aliphatic carbocycles. The number of likely N-dealkylation sites (tertiary alicyclic amines) is 1. The van der Waals surface area contributed by atoms with Gasteiger partial charge in [0, 0.05) is 30.1 Å². The molecule has 1 atom stereocenters. The van der Waals surface area contributed by atoms with Crippen LogP contribution in [0.3, 0.4) is 0 Å². The lowest BCUT2D eigenvalue weighted by Gasteiger charge is -2.32. The van der Waals surface area contributed by atoms with E-state index in [1.807, 2.05) is 11.4 Å². The molecule has 0 saturated carbocycles. The van der Waals surface area contributed by atoms with E-state index in [-0.39, 0.29) is 23.8 Å². The maximum atomic E-state index is 13.0. The van der Waals surface area contributed by atoms with E-state index in [1.54, 1.807) is 30.1 Å². The second-order valence-electron chi connectivity index (χ2n) is 8.86. The number of nitrogens with one attached hydrogen (secondary N) is 2. The van der Waals surface area contributed by atoms with Crippen LogP contribution in [0.5, 0.6) is 0 Å². The number of piperidine rings is 1. The van der Waals surface area contributed by atoms with Gasteiger partial charge in [0.2, 0.25) is 5.91 Å². The van der Waals surface area contributed by atoms with E-state index in [0.29, 0.717) is 47.9 Å². The van der Waals surface area contributed by atoms with Crippen LogP contribution < -0.4 is 5.32 Å². The Balaban J connectivity index is 1.55. The molecule has 8 heteroatoms. The standard InChI is InChI=1S/C24H33N3O4S/c1-14(2)21(18-7-6-12-32-18)26-19(28)13-17-8-10-27(11-9-17)23(29)22-15(3)20(16(4)25-22)24(30)31-5/h6-7,12,14,17,21,25H,8-11,13H2,1-5H3,(H,26,28)/t21-/m0/s1. The van der Waals surface area contributed by atoms with Crippen LogP contribution in [-0.4, -0.2) is 47.9 Å². The van der Waals surface area contributed by atoms with Gasteiger partial charge < -0.3 is 19.9 Å². The third-order valence-corrected chi connectivity index (χ3v) is 7.20. The highest BCUT2D eigenvalue weighted by atomic mass is 32.1. The molecule has 2 amide bonds. The molecular formula is C24H33N3O4S. The normalized spacial score (nSPS) is 15.6. The summed E-state index contributed by atoms with van der Waals surface area (Å²) in [5.41, 5.74) is 2.12. The number of thiophene rings is 1. The molecule has 1 saturated heterocycles. The smallest absolute Gasteiger partial charge is 0.339 e. The molecule has 32 heavy (non-hydrogen) atoms. The third-order valence-electron chi connectivity index (χ3n) is 6.25. The molecule has 0 radical (unpaired) electrons. The van der Waals surface area contributed by atoms with E-state index in [0.717, 1.165) is 12.8 Å². The average Bonchev–Trinajstić information content (AvgIpc) is 3.39. The van der Waals surface area contributed by atoms with Gasteiger partial charge in [0.1, 0.15) is 5.69 Å². The molecule has 1 aliphatic heterocycles. The number of carbonyl (C=O) groups is 3. The molecule has 7 nitrogen and oxygen atoms in total. The van der Waals surface area contributed by atoms with Crippen LogP contribution in [0, 0.1) is 25.7 Å². The number of hydrogen-bond donors (Lipinski definition) is 2. The van der Waals surface area contributed by atoms with Crippen LogP contribution >= 0.6 is 11.3 Å². The monoisotopic (exact) mass is 459 g/mol. The van der Waals surface area contributed by atoms with Gasteiger partial charge in [0.05, 0.1) is 18.7 Å². The van der Waals surface area contributed by atoms with Gasteiger partial charge in [-0.25, -0.2) is 4.79 Å². The van der Waals surface area contributed by atoms with Crippen molar-refractivity contribution in [1.29, 1.82) is 0 Å². The summed E-state index contributed by atoms with van der Waals surface area (Å²) >= 11 is 1.66. The number of hydrogen-bond acceptors (Lipinski definition) is 5. The zero-order chi connectivity index (χ0) is 23.4. The number of methoxy groups -OCH3 is 1. The summed E-state index contributed by atoms with van der Waals surface area (Å²) in [6.07, 6.45) is 2.05. The van der Waals surface area contributed by atoms with Crippen molar-refractivity contribution < 1.29 is 19.1 Å². The van der Waals surface area contributed by atoms with Crippen LogP contribution in [0.25, 0.3) is 0 Å². The average molecular weight is 460 g/mol. The molecule has 1 aliphatic rings. The van der Waals surface area contributed by atoms with Crippen LogP contribution in [0.2, 0.25) is 0 Å². The van der Waals surface area contributed by atoms with E-state index in [4.69, 9.17) is 4.74 Å². The fourth-order valence-corrected chi connectivity index (χ4v) is 5.35. The number of H-pyrrole nitrogens is 1. The fraction of sp³-hybridized carbons (Fsp3) is 0.542. The van der Waals surface area contributed by atoms with Gasteiger partial charge in [-0.05, 0) is 55.5 Å². The summed E-state index contributed by atoms with van der Waals surface area (Å²) in [5, 5.41) is 5.23. The van der Waals surface area contributed by atoms with Gasteiger partial charge in [0.25, 0.3) is 5.91 Å². The molecule has 2 aromatic rings. The number of rotatable bonds is 7. The van der Waals surface area contributed by atoms with Crippen molar-refractivity contribution in [3.05, 3.63) is 44.9 Å². The van der Waals surface area contributed by atoms with Gasteiger partial charge in [-0.2, -0.15) is 0 Å². The summed E-state index contributed by atoms with van der Waals surface area (Å²) in [7, 11) is 1.33. The number of aromatic amines is 1. The van der Waals surface area contributed by atoms with Crippen molar-refractivity contribution in [3.63, 3.8) is 0 Å². The minimum atomic E-state index is -0.442. The van der Waals surface area contributed by atoms with Gasteiger partial charge in [0.15, 0.2) is 0 Å². The van der Waals surface area contributed by atoms with E-state index in [1.165, 1.54) is 12.0 Å². The zero-order valence-electron chi connectivity index (χ0n) is 19.5. The van der Waals surface area contributed by atoms with Crippen LogP contribution in [0.1, 0.15) is 76.1 Å². The lowest BCUT2D eigenvalue weighted by molar-refractivity contribution is -0.123. The largest absolute Gasteiger partial charge is 0.465 e. The molecule has 0 unspecified atom stereocenters. The lowest BCUT2D eigenvalue weighted by atomic mass is 9.92. The van der Waals surface area contributed by atoms with Crippen LogP contribution in [-0.2, 0) is 9.53 Å². The van der Waals surface area contributed by atoms with E-state index >= 15 is 0 Å². The summed E-state index contributed by atoms with van der Waals surface area (Å²) in [6, 6.07) is 4.11. The molecule has 2 aromatic heterocycles. The molecule has 0 bridgehead atoms. The second kappa shape index (κ2) is 10.3. The van der Waals surface area contributed by atoms with Crippen molar-refractivity contribution in [1.82, 2.24) is 15.2 Å². The van der Waals surface area contributed by atoms with Gasteiger partial charge in [-0.15, -0.1) is 11.3 Å².